The van der Waals surface area contributed by atoms with Crippen molar-refractivity contribution in [2.75, 3.05) is 0 Å². The lowest BCUT2D eigenvalue weighted by molar-refractivity contribution is -0.384. The zero-order valence-electron chi connectivity index (χ0n) is 16.5. The van der Waals surface area contributed by atoms with Crippen molar-refractivity contribution in [3.8, 4) is 11.5 Å². The second-order valence-corrected chi connectivity index (χ2v) is 8.39. The van der Waals surface area contributed by atoms with Gasteiger partial charge in [0.05, 0.1) is 4.92 Å². The lowest BCUT2D eigenvalue weighted by atomic mass is 9.81. The van der Waals surface area contributed by atoms with Crippen molar-refractivity contribution in [2.24, 2.45) is 0 Å². The van der Waals surface area contributed by atoms with E-state index in [4.69, 9.17) is 0 Å². The highest BCUT2D eigenvalue weighted by Gasteiger charge is 2.26. The molecule has 0 spiro atoms. The number of phenols is 2. The summed E-state index contributed by atoms with van der Waals surface area (Å²) in [6.07, 6.45) is 0. The zero-order valence-corrected chi connectivity index (χ0v) is 19.7. The molecule has 156 valence electrons. The Labute approximate surface area is 191 Å². The highest BCUT2D eigenvalue weighted by atomic mass is 79.9. The van der Waals surface area contributed by atoms with Crippen LogP contribution in [0.3, 0.4) is 0 Å². The molecule has 0 aromatic heterocycles. The molecule has 3 aromatic carbocycles. The maximum absolute atomic E-state index is 11.1. The summed E-state index contributed by atoms with van der Waals surface area (Å²) in [5, 5.41) is 34.1. The zero-order chi connectivity index (χ0) is 22.0. The van der Waals surface area contributed by atoms with Crippen LogP contribution in [-0.4, -0.2) is 15.1 Å². The fourth-order valence-electron chi connectivity index (χ4n) is 3.73. The number of phenolic OH excluding ortho intramolecular Hbond substituents is 2. The molecule has 0 aliphatic heterocycles. The largest absolute Gasteiger partial charge is 0.507 e. The lowest BCUT2D eigenvalue weighted by Crippen LogP contribution is -2.07. The fraction of sp³-hybridized carbons (Fsp3) is 0.217. The number of hydrogen-bond acceptors (Lipinski definition) is 4. The second kappa shape index (κ2) is 9.18. The summed E-state index contributed by atoms with van der Waals surface area (Å²) in [6.45, 7) is 3.89. The van der Waals surface area contributed by atoms with Crippen LogP contribution >= 0.6 is 31.9 Å². The van der Waals surface area contributed by atoms with E-state index in [1.165, 1.54) is 12.1 Å². The van der Waals surface area contributed by atoms with E-state index < -0.39 is 10.8 Å². The number of aryl methyl sites for hydroxylation is 2. The third-order valence-electron chi connectivity index (χ3n) is 5.07. The topological polar surface area (TPSA) is 83.6 Å². The number of halogens is 2. The summed E-state index contributed by atoms with van der Waals surface area (Å²) in [6, 6.07) is 13.8. The lowest BCUT2D eigenvalue weighted by Gasteiger charge is -2.24. The second-order valence-electron chi connectivity index (χ2n) is 7.27. The predicted octanol–water partition coefficient (Wildman–Crippen LogP) is 6.59. The van der Waals surface area contributed by atoms with Gasteiger partial charge in [0.15, 0.2) is 0 Å². The van der Waals surface area contributed by atoms with Crippen molar-refractivity contribution in [2.45, 2.75) is 30.4 Å². The number of non-ortho nitro benzene ring substituents is 1. The molecule has 0 atom stereocenters. The van der Waals surface area contributed by atoms with Crippen molar-refractivity contribution >= 4 is 37.5 Å². The molecule has 0 saturated heterocycles. The van der Waals surface area contributed by atoms with Crippen LogP contribution in [0.2, 0.25) is 0 Å². The summed E-state index contributed by atoms with van der Waals surface area (Å²) in [7, 11) is 0. The van der Waals surface area contributed by atoms with Gasteiger partial charge >= 0.3 is 0 Å². The van der Waals surface area contributed by atoms with Crippen molar-refractivity contribution in [3.63, 3.8) is 0 Å². The van der Waals surface area contributed by atoms with Gasteiger partial charge in [-0.2, -0.15) is 0 Å². The minimum Gasteiger partial charge on any atom is -0.507 e. The molecule has 5 nitrogen and oxygen atoms in total. The van der Waals surface area contributed by atoms with Crippen LogP contribution < -0.4 is 0 Å². The van der Waals surface area contributed by atoms with Gasteiger partial charge in [0, 0.05) is 51.0 Å². The number of rotatable bonds is 6. The summed E-state index contributed by atoms with van der Waals surface area (Å²) in [5.41, 5.74) is 5.42. The van der Waals surface area contributed by atoms with E-state index in [0.717, 1.165) is 27.8 Å². The SMILES string of the molecule is Cc1cc(CBr)c(O)c(C(c2ccc([N+](=O)[O-])cc2)c2cc(C)cc(CBr)c2O)c1. The Morgan fingerprint density at radius 3 is 1.67 bits per heavy atom. The molecule has 2 N–H and O–H groups in total. The van der Waals surface area contributed by atoms with Crippen molar-refractivity contribution in [3.05, 3.63) is 97.6 Å². The molecule has 30 heavy (non-hydrogen) atoms. The van der Waals surface area contributed by atoms with E-state index in [-0.39, 0.29) is 17.2 Å². The Morgan fingerprint density at radius 1 is 0.867 bits per heavy atom. The number of alkyl halides is 2. The molecule has 0 saturated carbocycles. The number of benzene rings is 3. The average Bonchev–Trinajstić information content (AvgIpc) is 2.72. The maximum Gasteiger partial charge on any atom is 0.269 e. The number of nitrogens with zero attached hydrogens (tertiary/aromatic N) is 1. The molecule has 3 rings (SSSR count). The van der Waals surface area contributed by atoms with Crippen LogP contribution in [0, 0.1) is 24.0 Å². The summed E-state index contributed by atoms with van der Waals surface area (Å²) in [4.78, 5) is 10.7. The van der Waals surface area contributed by atoms with Crippen molar-refractivity contribution in [1.82, 2.24) is 0 Å². The normalized spacial score (nSPS) is 11.1. The number of hydrogen-bond donors (Lipinski definition) is 2. The Morgan fingerprint density at radius 2 is 1.30 bits per heavy atom. The van der Waals surface area contributed by atoms with E-state index in [1.807, 2.05) is 38.1 Å². The number of nitro groups is 1. The third-order valence-corrected chi connectivity index (χ3v) is 6.28. The minimum atomic E-state index is -0.499. The van der Waals surface area contributed by atoms with Crippen LogP contribution in [0.4, 0.5) is 5.69 Å². The van der Waals surface area contributed by atoms with E-state index in [0.29, 0.717) is 21.8 Å². The van der Waals surface area contributed by atoms with E-state index in [9.17, 15) is 20.3 Å². The number of aromatic hydroxyl groups is 2. The molecule has 3 aromatic rings. The Hall–Kier alpha value is -2.38. The van der Waals surface area contributed by atoms with Gasteiger partial charge in [-0.15, -0.1) is 0 Å². The first-order chi connectivity index (χ1) is 14.3. The summed E-state index contributed by atoms with van der Waals surface area (Å²) < 4.78 is 0. The maximum atomic E-state index is 11.1. The van der Waals surface area contributed by atoms with Gasteiger partial charge < -0.3 is 10.2 Å². The van der Waals surface area contributed by atoms with Gasteiger partial charge in [-0.1, -0.05) is 79.4 Å². The van der Waals surface area contributed by atoms with Gasteiger partial charge in [-0.3, -0.25) is 10.1 Å². The fourth-order valence-corrected chi connectivity index (χ4v) is 4.58. The first-order valence-electron chi connectivity index (χ1n) is 9.27. The molecular formula is C23H21Br2NO4. The van der Waals surface area contributed by atoms with E-state index in [2.05, 4.69) is 31.9 Å². The van der Waals surface area contributed by atoms with Gasteiger partial charge in [0.25, 0.3) is 5.69 Å². The Kier molecular flexibility index (Phi) is 6.83. The standard InChI is InChI=1S/C23H21Br2NO4/c1-13-7-16(11-24)22(27)19(9-13)21(15-3-5-18(6-4-15)26(29)30)20-10-14(2)8-17(12-25)23(20)28/h3-10,21,27-28H,11-12H2,1-2H3. The quantitative estimate of drug-likeness (QED) is 0.162. The van der Waals surface area contributed by atoms with E-state index >= 15 is 0 Å². The Bertz CT molecular complexity index is 1040. The van der Waals surface area contributed by atoms with Gasteiger partial charge in [0.2, 0.25) is 0 Å². The van der Waals surface area contributed by atoms with E-state index in [1.54, 1.807) is 12.1 Å². The molecular weight excluding hydrogens is 514 g/mol. The van der Waals surface area contributed by atoms with Gasteiger partial charge in [0.1, 0.15) is 11.5 Å². The molecule has 0 aliphatic rings. The first kappa shape index (κ1) is 22.3. The van der Waals surface area contributed by atoms with Crippen LogP contribution in [0.1, 0.15) is 44.9 Å². The third kappa shape index (κ3) is 4.37. The molecule has 0 bridgehead atoms. The van der Waals surface area contributed by atoms with Crippen molar-refractivity contribution < 1.29 is 15.1 Å². The Balaban J connectivity index is 2.33. The monoisotopic (exact) mass is 533 g/mol. The molecule has 7 heteroatoms. The highest BCUT2D eigenvalue weighted by molar-refractivity contribution is 9.08. The van der Waals surface area contributed by atoms with Crippen LogP contribution in [-0.2, 0) is 10.7 Å². The van der Waals surface area contributed by atoms with Crippen LogP contribution in [0.15, 0.2) is 48.5 Å². The smallest absolute Gasteiger partial charge is 0.269 e. The highest BCUT2D eigenvalue weighted by Crippen LogP contribution is 2.44. The molecule has 0 aliphatic carbocycles. The summed E-state index contributed by atoms with van der Waals surface area (Å²) >= 11 is 6.84. The molecule has 0 fully saturated rings. The number of nitro benzene ring substituents is 1. The predicted molar refractivity (Wildman–Crippen MR) is 125 cm³/mol. The van der Waals surface area contributed by atoms with Gasteiger partial charge in [-0.25, -0.2) is 0 Å². The molecule has 0 radical (unpaired) electrons. The van der Waals surface area contributed by atoms with Crippen LogP contribution in [0.5, 0.6) is 11.5 Å². The first-order valence-corrected chi connectivity index (χ1v) is 11.5. The van der Waals surface area contributed by atoms with Crippen LogP contribution in [0.25, 0.3) is 0 Å². The van der Waals surface area contributed by atoms with Crippen molar-refractivity contribution in [1.29, 1.82) is 0 Å². The average molecular weight is 535 g/mol. The molecule has 0 heterocycles. The summed E-state index contributed by atoms with van der Waals surface area (Å²) in [5.74, 6) is -0.217. The molecule has 0 amide bonds. The molecule has 0 unspecified atom stereocenters. The minimum absolute atomic E-state index is 0.0123. The van der Waals surface area contributed by atoms with Gasteiger partial charge in [-0.05, 0) is 19.4 Å².